The molecule has 2 aromatic carbocycles. The van der Waals surface area contributed by atoms with Gasteiger partial charge in [-0.1, -0.05) is 48.5 Å². The molecule has 6 rings (SSSR count). The number of hydrogen-bond donors (Lipinski definition) is 1. The zero-order valence-electron chi connectivity index (χ0n) is 18.8. The van der Waals surface area contributed by atoms with E-state index < -0.39 is 23.3 Å². The largest absolute Gasteiger partial charge is 0.475 e. The number of benzene rings is 2. The van der Waals surface area contributed by atoms with Crippen molar-refractivity contribution in [3.05, 3.63) is 112 Å². The fourth-order valence-electron chi connectivity index (χ4n) is 4.94. The predicted molar refractivity (Wildman–Crippen MR) is 131 cm³/mol. The van der Waals surface area contributed by atoms with Gasteiger partial charge in [0.25, 0.3) is 11.5 Å². The molecule has 0 saturated heterocycles. The number of amides is 1. The number of hydrogen-bond acceptors (Lipinski definition) is 4. The van der Waals surface area contributed by atoms with Crippen LogP contribution in [0.5, 0.6) is 0 Å². The molecule has 172 valence electrons. The minimum atomic E-state index is -1.41. The van der Waals surface area contributed by atoms with Gasteiger partial charge in [-0.3, -0.25) is 9.59 Å². The molecule has 0 spiro atoms. The van der Waals surface area contributed by atoms with Gasteiger partial charge in [-0.15, -0.1) is 0 Å². The van der Waals surface area contributed by atoms with Crippen molar-refractivity contribution in [2.45, 2.75) is 19.8 Å². The summed E-state index contributed by atoms with van der Waals surface area (Å²) in [6.45, 7) is 1.97. The number of carbonyl (C=O) groups excluding carboxylic acids is 1. The second kappa shape index (κ2) is 7.66. The molecule has 4 aromatic rings. The SMILES string of the molecule is Cc1cc2c3n1C(c1ccccc1)=CN(n1c(C(=O)O)nc4ccccc4c1=O)C(=O)C3=CCC2. The Morgan fingerprint density at radius 1 is 1.03 bits per heavy atom. The monoisotopic (exact) mass is 464 g/mol. The molecule has 35 heavy (non-hydrogen) atoms. The highest BCUT2D eigenvalue weighted by Gasteiger charge is 2.35. The number of aryl methyl sites for hydroxylation is 2. The molecule has 0 unspecified atom stereocenters. The lowest BCUT2D eigenvalue weighted by Crippen LogP contribution is -2.46. The number of carboxylic acid groups (broad SMARTS) is 1. The minimum absolute atomic E-state index is 0.221. The quantitative estimate of drug-likeness (QED) is 0.500. The van der Waals surface area contributed by atoms with Crippen LogP contribution in [0.15, 0.2) is 77.7 Å². The van der Waals surface area contributed by atoms with Crippen molar-refractivity contribution in [1.82, 2.24) is 14.2 Å². The van der Waals surface area contributed by atoms with Crippen molar-refractivity contribution in [1.29, 1.82) is 0 Å². The van der Waals surface area contributed by atoms with E-state index in [0.29, 0.717) is 17.7 Å². The van der Waals surface area contributed by atoms with Crippen LogP contribution in [0, 0.1) is 6.92 Å². The lowest BCUT2D eigenvalue weighted by atomic mass is 9.96. The van der Waals surface area contributed by atoms with Crippen LogP contribution in [-0.4, -0.2) is 31.2 Å². The Bertz CT molecular complexity index is 1670. The molecule has 0 radical (unpaired) electrons. The van der Waals surface area contributed by atoms with Crippen molar-refractivity contribution >= 4 is 34.0 Å². The molecule has 2 aromatic heterocycles. The molecule has 8 nitrogen and oxygen atoms in total. The Morgan fingerprint density at radius 2 is 1.77 bits per heavy atom. The minimum Gasteiger partial charge on any atom is -0.475 e. The molecular formula is C27H20N4O4. The van der Waals surface area contributed by atoms with Crippen LogP contribution in [0.1, 0.15) is 39.6 Å². The molecule has 0 fully saturated rings. The summed E-state index contributed by atoms with van der Waals surface area (Å²) >= 11 is 0. The van der Waals surface area contributed by atoms with E-state index >= 15 is 0 Å². The molecule has 2 aliphatic rings. The van der Waals surface area contributed by atoms with Crippen LogP contribution in [0.25, 0.3) is 22.2 Å². The molecule has 1 N–H and O–H groups in total. The van der Waals surface area contributed by atoms with Crippen molar-refractivity contribution < 1.29 is 14.7 Å². The van der Waals surface area contributed by atoms with Crippen LogP contribution in [0.3, 0.4) is 0 Å². The van der Waals surface area contributed by atoms with Gasteiger partial charge in [0.15, 0.2) is 0 Å². The van der Waals surface area contributed by atoms with E-state index in [1.807, 2.05) is 47.9 Å². The summed E-state index contributed by atoms with van der Waals surface area (Å²) in [7, 11) is 0. The van der Waals surface area contributed by atoms with Crippen molar-refractivity contribution in [3.8, 4) is 0 Å². The third-order valence-corrected chi connectivity index (χ3v) is 6.43. The number of fused-ring (bicyclic) bond motifs is 1. The van der Waals surface area contributed by atoms with Gasteiger partial charge in [-0.05, 0) is 43.5 Å². The molecule has 1 amide bonds. The number of carboxylic acids is 1. The van der Waals surface area contributed by atoms with Gasteiger partial charge in [0, 0.05) is 11.3 Å². The van der Waals surface area contributed by atoms with E-state index in [9.17, 15) is 19.5 Å². The number of allylic oxidation sites excluding steroid dienone is 1. The maximum absolute atomic E-state index is 14.0. The van der Waals surface area contributed by atoms with E-state index in [1.54, 1.807) is 24.3 Å². The fraction of sp³-hybridized carbons (Fsp3) is 0.111. The molecule has 1 aliphatic carbocycles. The Morgan fingerprint density at radius 3 is 2.54 bits per heavy atom. The maximum atomic E-state index is 14.0. The highest BCUT2D eigenvalue weighted by atomic mass is 16.4. The number of aromatic nitrogens is 3. The highest BCUT2D eigenvalue weighted by Crippen LogP contribution is 2.37. The van der Waals surface area contributed by atoms with Gasteiger partial charge in [0.2, 0.25) is 5.82 Å². The molecule has 8 heteroatoms. The third-order valence-electron chi connectivity index (χ3n) is 6.43. The first-order valence-corrected chi connectivity index (χ1v) is 11.2. The van der Waals surface area contributed by atoms with Gasteiger partial charge >= 0.3 is 5.97 Å². The summed E-state index contributed by atoms with van der Waals surface area (Å²) in [4.78, 5) is 44.1. The zero-order valence-corrected chi connectivity index (χ0v) is 18.8. The van der Waals surface area contributed by atoms with E-state index in [2.05, 4.69) is 11.1 Å². The average molecular weight is 464 g/mol. The molecule has 3 heterocycles. The summed E-state index contributed by atoms with van der Waals surface area (Å²) in [5.41, 5.74) is 4.27. The van der Waals surface area contributed by atoms with E-state index in [-0.39, 0.29) is 10.9 Å². The van der Waals surface area contributed by atoms with Gasteiger partial charge in [0.05, 0.1) is 34.1 Å². The topological polar surface area (TPSA) is 97.4 Å². The Balaban J connectivity index is 1.72. The summed E-state index contributed by atoms with van der Waals surface area (Å²) in [6.07, 6.45) is 4.85. The normalized spacial score (nSPS) is 14.9. The van der Waals surface area contributed by atoms with Crippen molar-refractivity contribution in [2.24, 2.45) is 0 Å². The average Bonchev–Trinajstić information content (AvgIpc) is 3.14. The number of aromatic carboxylic acids is 1. The van der Waals surface area contributed by atoms with Crippen LogP contribution < -0.4 is 10.6 Å². The second-order valence-electron chi connectivity index (χ2n) is 8.56. The summed E-state index contributed by atoms with van der Waals surface area (Å²) in [5.74, 6) is -2.43. The van der Waals surface area contributed by atoms with E-state index in [1.165, 1.54) is 6.20 Å². The Hall–Kier alpha value is -4.72. The van der Waals surface area contributed by atoms with Gasteiger partial charge in [-0.2, -0.15) is 4.68 Å². The molecule has 0 saturated carbocycles. The zero-order chi connectivity index (χ0) is 24.3. The summed E-state index contributed by atoms with van der Waals surface area (Å²) in [6, 6.07) is 18.1. The Labute approximate surface area is 199 Å². The number of nitrogens with zero attached hydrogens (tertiary/aromatic N) is 4. The lowest BCUT2D eigenvalue weighted by Gasteiger charge is -2.23. The molecule has 0 bridgehead atoms. The summed E-state index contributed by atoms with van der Waals surface area (Å²) in [5, 5.41) is 11.3. The van der Waals surface area contributed by atoms with E-state index in [0.717, 1.165) is 38.6 Å². The van der Waals surface area contributed by atoms with Crippen LogP contribution in [-0.2, 0) is 11.2 Å². The van der Waals surface area contributed by atoms with Crippen LogP contribution in [0.2, 0.25) is 0 Å². The van der Waals surface area contributed by atoms with Crippen molar-refractivity contribution in [2.75, 3.05) is 5.01 Å². The molecular weight excluding hydrogens is 444 g/mol. The first-order chi connectivity index (χ1) is 17.0. The maximum Gasteiger partial charge on any atom is 0.374 e. The highest BCUT2D eigenvalue weighted by molar-refractivity contribution is 6.26. The fourth-order valence-corrected chi connectivity index (χ4v) is 4.94. The van der Waals surface area contributed by atoms with Crippen LogP contribution in [0.4, 0.5) is 0 Å². The predicted octanol–water partition coefficient (Wildman–Crippen LogP) is 3.56. The van der Waals surface area contributed by atoms with Gasteiger partial charge in [0.1, 0.15) is 0 Å². The van der Waals surface area contributed by atoms with Gasteiger partial charge in [-0.25, -0.2) is 14.8 Å². The second-order valence-corrected chi connectivity index (χ2v) is 8.56. The van der Waals surface area contributed by atoms with E-state index in [4.69, 9.17) is 0 Å². The van der Waals surface area contributed by atoms with Crippen LogP contribution >= 0.6 is 0 Å². The molecule has 1 aliphatic heterocycles. The third kappa shape index (κ3) is 3.07. The molecule has 0 atom stereocenters. The smallest absolute Gasteiger partial charge is 0.374 e. The standard InChI is InChI=1S/C27H20N4O4/c1-16-14-18-10-7-12-20-23(18)30(16)22(17-8-3-2-4-9-17)15-29(25(20)32)31-24(27(34)35)28-21-13-6-5-11-19(21)26(31)33/h2-6,8-9,11-15H,7,10H2,1H3,(H,34,35). The van der Waals surface area contributed by atoms with Gasteiger partial charge < -0.3 is 9.67 Å². The lowest BCUT2D eigenvalue weighted by molar-refractivity contribution is -0.114. The summed E-state index contributed by atoms with van der Waals surface area (Å²) < 4.78 is 2.88. The number of rotatable bonds is 3. The Kier molecular flexibility index (Phi) is 4.57. The van der Waals surface area contributed by atoms with Crippen molar-refractivity contribution in [3.63, 3.8) is 0 Å². The number of carbonyl (C=O) groups is 2. The number of para-hydroxylation sites is 1. The first-order valence-electron chi connectivity index (χ1n) is 11.2. The first kappa shape index (κ1) is 20.9.